The fraction of sp³-hybridized carbons (Fsp3) is 0.500. The van der Waals surface area contributed by atoms with Gasteiger partial charge in [0.25, 0.3) is 0 Å². The van der Waals surface area contributed by atoms with Crippen molar-refractivity contribution in [3.8, 4) is 5.75 Å². The molecule has 2 aromatic rings. The number of piperazine rings is 1. The fourth-order valence-electron chi connectivity index (χ4n) is 3.51. The Morgan fingerprint density at radius 3 is 1.94 bits per heavy atom. The lowest BCUT2D eigenvalue weighted by Crippen LogP contribution is -2.50. The third-order valence-corrected chi connectivity index (χ3v) is 9.08. The number of alkyl halides is 2. The van der Waals surface area contributed by atoms with Gasteiger partial charge < -0.3 is 4.74 Å². The van der Waals surface area contributed by atoms with Crippen LogP contribution in [0.25, 0.3) is 0 Å². The van der Waals surface area contributed by atoms with Gasteiger partial charge in [0.15, 0.2) is 0 Å². The summed E-state index contributed by atoms with van der Waals surface area (Å²) in [5, 5.41) is 3.63. The lowest BCUT2D eigenvalue weighted by Gasteiger charge is -2.33. The summed E-state index contributed by atoms with van der Waals surface area (Å²) in [5.41, 5.74) is -0.181. The molecule has 0 bridgehead atoms. The number of rotatable bonds is 7. The summed E-state index contributed by atoms with van der Waals surface area (Å²) < 4.78 is 86.0. The number of nitrogens with zero attached hydrogens (tertiary/aromatic N) is 4. The highest BCUT2D eigenvalue weighted by Crippen LogP contribution is 2.28. The highest BCUT2D eigenvalue weighted by atomic mass is 32.2. The van der Waals surface area contributed by atoms with Gasteiger partial charge in [-0.2, -0.15) is 22.5 Å². The van der Waals surface area contributed by atoms with Gasteiger partial charge in [0, 0.05) is 26.2 Å². The Morgan fingerprint density at radius 2 is 1.48 bits per heavy atom. The van der Waals surface area contributed by atoms with Crippen LogP contribution in [-0.4, -0.2) is 68.0 Å². The average molecular weight is 479 g/mol. The van der Waals surface area contributed by atoms with Crippen molar-refractivity contribution in [3.63, 3.8) is 0 Å². The molecule has 0 unspecified atom stereocenters. The van der Waals surface area contributed by atoms with Crippen molar-refractivity contribution in [2.24, 2.45) is 0 Å². The van der Waals surface area contributed by atoms with Gasteiger partial charge in [-0.05, 0) is 45.0 Å². The molecule has 9 nitrogen and oxygen atoms in total. The topological polar surface area (TPSA) is 102 Å². The summed E-state index contributed by atoms with van der Waals surface area (Å²) in [6, 6.07) is 6.00. The van der Waals surface area contributed by atoms with E-state index >= 15 is 0 Å². The fourth-order valence-corrected chi connectivity index (χ4v) is 6.72. The second-order valence-electron chi connectivity index (χ2n) is 6.93. The standard InChI is InChI=1S/C18H24F2N4O5S2/c1-4-29-15-5-7-16(8-6-15)30(25,26)22-9-11-23(12-10-22)31(27,28)17-13(2)21-24(14(17)3)18(19)20/h5-8,18H,4,9-12H2,1-3H3. The van der Waals surface area contributed by atoms with Crippen molar-refractivity contribution >= 4 is 20.0 Å². The molecule has 2 heterocycles. The molecule has 0 N–H and O–H groups in total. The van der Waals surface area contributed by atoms with Crippen molar-refractivity contribution in [2.45, 2.75) is 37.1 Å². The van der Waals surface area contributed by atoms with Crippen LogP contribution in [0.1, 0.15) is 24.9 Å². The van der Waals surface area contributed by atoms with Crippen LogP contribution in [0.5, 0.6) is 5.75 Å². The van der Waals surface area contributed by atoms with E-state index < -0.39 is 26.6 Å². The van der Waals surface area contributed by atoms with Gasteiger partial charge in [-0.1, -0.05) is 0 Å². The van der Waals surface area contributed by atoms with Crippen LogP contribution in [0.15, 0.2) is 34.1 Å². The molecular formula is C18H24F2N4O5S2. The number of halogens is 2. The summed E-state index contributed by atoms with van der Waals surface area (Å²) in [5.74, 6) is 0.549. The van der Waals surface area contributed by atoms with E-state index in [1.54, 1.807) is 12.1 Å². The maximum atomic E-state index is 13.1. The first-order valence-corrected chi connectivity index (χ1v) is 12.4. The van der Waals surface area contributed by atoms with Gasteiger partial charge in [-0.15, -0.1) is 0 Å². The van der Waals surface area contributed by atoms with Gasteiger partial charge in [0.05, 0.1) is 22.9 Å². The Bertz CT molecular complexity index is 1140. The van der Waals surface area contributed by atoms with Crippen LogP contribution in [0.4, 0.5) is 8.78 Å². The molecule has 31 heavy (non-hydrogen) atoms. The molecule has 0 saturated carbocycles. The molecule has 1 aliphatic rings. The Labute approximate surface area is 180 Å². The molecular weight excluding hydrogens is 454 g/mol. The number of hydrogen-bond acceptors (Lipinski definition) is 6. The normalized spacial score (nSPS) is 16.7. The molecule has 0 aliphatic carbocycles. The maximum absolute atomic E-state index is 13.1. The lowest BCUT2D eigenvalue weighted by atomic mass is 10.3. The number of aromatic nitrogens is 2. The third kappa shape index (κ3) is 4.45. The first-order chi connectivity index (χ1) is 14.5. The molecule has 0 spiro atoms. The molecule has 1 aliphatic heterocycles. The number of benzene rings is 1. The van der Waals surface area contributed by atoms with E-state index in [9.17, 15) is 25.6 Å². The zero-order valence-corrected chi connectivity index (χ0v) is 19.0. The van der Waals surface area contributed by atoms with Crippen molar-refractivity contribution < 1.29 is 30.4 Å². The number of hydrogen-bond donors (Lipinski definition) is 0. The van der Waals surface area contributed by atoms with Crippen molar-refractivity contribution in [3.05, 3.63) is 35.7 Å². The highest BCUT2D eigenvalue weighted by molar-refractivity contribution is 7.89. The van der Waals surface area contributed by atoms with Gasteiger partial charge in [0.2, 0.25) is 20.0 Å². The molecule has 13 heteroatoms. The Hall–Kier alpha value is -2.09. The summed E-state index contributed by atoms with van der Waals surface area (Å²) >= 11 is 0. The second-order valence-corrected chi connectivity index (χ2v) is 10.7. The molecule has 3 rings (SSSR count). The minimum absolute atomic E-state index is 0.0257. The minimum atomic E-state index is -4.10. The second kappa shape index (κ2) is 8.81. The minimum Gasteiger partial charge on any atom is -0.494 e. The Balaban J connectivity index is 1.77. The van der Waals surface area contributed by atoms with E-state index in [-0.39, 0.29) is 47.4 Å². The van der Waals surface area contributed by atoms with Crippen molar-refractivity contribution in [2.75, 3.05) is 32.8 Å². The van der Waals surface area contributed by atoms with Crippen molar-refractivity contribution in [1.29, 1.82) is 0 Å². The molecule has 1 fully saturated rings. The molecule has 1 saturated heterocycles. The Morgan fingerprint density at radius 1 is 0.968 bits per heavy atom. The molecule has 0 radical (unpaired) electrons. The monoisotopic (exact) mass is 478 g/mol. The van der Waals surface area contributed by atoms with E-state index in [0.29, 0.717) is 17.0 Å². The summed E-state index contributed by atoms with van der Waals surface area (Å²) in [6.07, 6.45) is 0. The van der Waals surface area contributed by atoms with E-state index in [4.69, 9.17) is 4.74 Å². The van der Waals surface area contributed by atoms with Crippen molar-refractivity contribution in [1.82, 2.24) is 18.4 Å². The first kappa shape index (κ1) is 23.6. The number of ether oxygens (including phenoxy) is 1. The van der Waals surface area contributed by atoms with E-state index in [1.807, 2.05) is 6.92 Å². The lowest BCUT2D eigenvalue weighted by molar-refractivity contribution is 0.0538. The average Bonchev–Trinajstić information content (AvgIpc) is 3.03. The SMILES string of the molecule is CCOc1ccc(S(=O)(=O)N2CCN(S(=O)(=O)c3c(C)nn(C(F)F)c3C)CC2)cc1. The van der Waals surface area contributed by atoms with Crippen LogP contribution in [-0.2, 0) is 20.0 Å². The summed E-state index contributed by atoms with van der Waals surface area (Å²) in [7, 11) is -7.91. The molecule has 172 valence electrons. The largest absolute Gasteiger partial charge is 0.494 e. The van der Waals surface area contributed by atoms with Crippen LogP contribution in [0.2, 0.25) is 0 Å². The van der Waals surface area contributed by atoms with E-state index in [1.165, 1.54) is 30.3 Å². The quantitative estimate of drug-likeness (QED) is 0.603. The summed E-state index contributed by atoms with van der Waals surface area (Å²) in [6.45, 7) is 1.62. The van der Waals surface area contributed by atoms with Crippen LogP contribution >= 0.6 is 0 Å². The maximum Gasteiger partial charge on any atom is 0.333 e. The molecule has 0 atom stereocenters. The highest BCUT2D eigenvalue weighted by Gasteiger charge is 2.37. The van der Waals surface area contributed by atoms with Gasteiger partial charge in [-0.25, -0.2) is 21.5 Å². The Kier molecular flexibility index (Phi) is 6.69. The van der Waals surface area contributed by atoms with Gasteiger partial charge in [0.1, 0.15) is 10.6 Å². The number of aryl methyl sites for hydroxylation is 1. The predicted molar refractivity (Wildman–Crippen MR) is 108 cm³/mol. The van der Waals surface area contributed by atoms with Crippen LogP contribution in [0.3, 0.4) is 0 Å². The van der Waals surface area contributed by atoms with Crippen LogP contribution in [0, 0.1) is 13.8 Å². The van der Waals surface area contributed by atoms with Gasteiger partial charge >= 0.3 is 6.55 Å². The predicted octanol–water partition coefficient (Wildman–Crippen LogP) is 1.99. The molecule has 0 amide bonds. The first-order valence-electron chi connectivity index (χ1n) is 9.57. The third-order valence-electron chi connectivity index (χ3n) is 5.01. The molecule has 1 aromatic heterocycles. The zero-order valence-electron chi connectivity index (χ0n) is 17.3. The molecule has 1 aromatic carbocycles. The van der Waals surface area contributed by atoms with Gasteiger partial charge in [-0.3, -0.25) is 0 Å². The summed E-state index contributed by atoms with van der Waals surface area (Å²) in [4.78, 5) is -0.187. The van der Waals surface area contributed by atoms with Crippen LogP contribution < -0.4 is 4.74 Å². The smallest absolute Gasteiger partial charge is 0.333 e. The van der Waals surface area contributed by atoms with E-state index in [0.717, 1.165) is 4.31 Å². The number of sulfonamides is 2. The zero-order chi connectivity index (χ0) is 23.0. The van der Waals surface area contributed by atoms with E-state index in [2.05, 4.69) is 5.10 Å².